The van der Waals surface area contributed by atoms with Gasteiger partial charge in [-0.3, -0.25) is 9.59 Å². The lowest BCUT2D eigenvalue weighted by atomic mass is 10.1. The van der Waals surface area contributed by atoms with Crippen LogP contribution >= 0.6 is 0 Å². The van der Waals surface area contributed by atoms with E-state index in [4.69, 9.17) is 5.11 Å². The molecule has 0 saturated carbocycles. The summed E-state index contributed by atoms with van der Waals surface area (Å²) in [5, 5.41) is 13.3. The summed E-state index contributed by atoms with van der Waals surface area (Å²) < 4.78 is 26.5. The molecular formula is C18H21F2N3O3. The number of aromatic nitrogens is 2. The first-order chi connectivity index (χ1) is 12.2. The van der Waals surface area contributed by atoms with Crippen molar-refractivity contribution in [2.45, 2.75) is 33.1 Å². The Labute approximate surface area is 150 Å². The Balaban J connectivity index is 2.22. The van der Waals surface area contributed by atoms with Crippen LogP contribution < -0.4 is 0 Å². The van der Waals surface area contributed by atoms with E-state index in [-0.39, 0.29) is 6.42 Å². The first kappa shape index (κ1) is 19.6. The third-order valence-electron chi connectivity index (χ3n) is 4.15. The van der Waals surface area contributed by atoms with Crippen molar-refractivity contribution < 1.29 is 23.5 Å². The van der Waals surface area contributed by atoms with Gasteiger partial charge in [-0.15, -0.1) is 0 Å². The molecule has 1 aromatic carbocycles. The number of alkyl halides is 2. The second kappa shape index (κ2) is 8.07. The first-order valence-corrected chi connectivity index (χ1v) is 8.11. The van der Waals surface area contributed by atoms with Crippen LogP contribution in [-0.2, 0) is 11.2 Å². The lowest BCUT2D eigenvalue weighted by Gasteiger charge is -2.16. The Morgan fingerprint density at radius 1 is 1.23 bits per heavy atom. The predicted octanol–water partition coefficient (Wildman–Crippen LogP) is 2.84. The summed E-state index contributed by atoms with van der Waals surface area (Å²) in [6.07, 6.45) is -2.17. The molecular weight excluding hydrogens is 344 g/mol. The van der Waals surface area contributed by atoms with E-state index < -0.39 is 24.8 Å². The van der Waals surface area contributed by atoms with Gasteiger partial charge in [0, 0.05) is 24.7 Å². The van der Waals surface area contributed by atoms with E-state index >= 15 is 0 Å². The maximum Gasteiger partial charge on any atom is 0.303 e. The average molecular weight is 365 g/mol. The van der Waals surface area contributed by atoms with E-state index in [1.807, 2.05) is 13.8 Å². The zero-order valence-electron chi connectivity index (χ0n) is 14.9. The number of benzene rings is 1. The van der Waals surface area contributed by atoms with Gasteiger partial charge >= 0.3 is 5.97 Å². The number of hydrogen-bond donors (Lipinski definition) is 1. The molecule has 0 radical (unpaired) electrons. The fourth-order valence-electron chi connectivity index (χ4n) is 2.78. The molecule has 26 heavy (non-hydrogen) atoms. The molecule has 0 bridgehead atoms. The third kappa shape index (κ3) is 4.44. The molecule has 1 amide bonds. The number of carbonyl (C=O) groups is 2. The van der Waals surface area contributed by atoms with E-state index in [2.05, 4.69) is 5.10 Å². The summed E-state index contributed by atoms with van der Waals surface area (Å²) in [5.74, 6) is -1.35. The van der Waals surface area contributed by atoms with Crippen LogP contribution in [0.3, 0.4) is 0 Å². The normalized spacial score (nSPS) is 11.0. The van der Waals surface area contributed by atoms with E-state index in [0.29, 0.717) is 17.7 Å². The van der Waals surface area contributed by atoms with Gasteiger partial charge in [-0.1, -0.05) is 0 Å². The van der Waals surface area contributed by atoms with Gasteiger partial charge in [0.1, 0.15) is 0 Å². The summed E-state index contributed by atoms with van der Waals surface area (Å²) in [7, 11) is 1.33. The monoisotopic (exact) mass is 365 g/mol. The quantitative estimate of drug-likeness (QED) is 0.819. The van der Waals surface area contributed by atoms with Crippen molar-refractivity contribution in [3.63, 3.8) is 0 Å². The highest BCUT2D eigenvalue weighted by Gasteiger charge is 2.17. The second-order valence-electron chi connectivity index (χ2n) is 6.08. The van der Waals surface area contributed by atoms with Crippen LogP contribution in [0.25, 0.3) is 5.69 Å². The minimum Gasteiger partial charge on any atom is -0.481 e. The lowest BCUT2D eigenvalue weighted by molar-refractivity contribution is -0.136. The van der Waals surface area contributed by atoms with E-state index in [1.165, 1.54) is 7.05 Å². The number of hydrogen-bond acceptors (Lipinski definition) is 3. The Hall–Kier alpha value is -2.77. The maximum absolute atomic E-state index is 12.4. The molecule has 140 valence electrons. The summed E-state index contributed by atoms with van der Waals surface area (Å²) >= 11 is 0. The average Bonchev–Trinajstić information content (AvgIpc) is 2.86. The van der Waals surface area contributed by atoms with Gasteiger partial charge in [0.25, 0.3) is 12.3 Å². The highest BCUT2D eigenvalue weighted by atomic mass is 19.3. The highest BCUT2D eigenvalue weighted by molar-refractivity contribution is 5.94. The molecule has 0 saturated heterocycles. The van der Waals surface area contributed by atoms with Crippen molar-refractivity contribution in [1.82, 2.24) is 14.7 Å². The molecule has 0 aliphatic rings. The Bertz CT molecular complexity index is 801. The number of halogens is 2. The molecule has 0 unspecified atom stereocenters. The Morgan fingerprint density at radius 2 is 1.85 bits per heavy atom. The number of carbonyl (C=O) groups excluding carboxylic acids is 1. The van der Waals surface area contributed by atoms with Crippen LogP contribution in [0.15, 0.2) is 24.3 Å². The topological polar surface area (TPSA) is 75.4 Å². The molecule has 1 N–H and O–H groups in total. The molecule has 6 nitrogen and oxygen atoms in total. The molecule has 2 rings (SSSR count). The molecule has 8 heteroatoms. The highest BCUT2D eigenvalue weighted by Crippen LogP contribution is 2.20. The van der Waals surface area contributed by atoms with Gasteiger partial charge in [0.05, 0.1) is 17.9 Å². The number of amides is 1. The number of aliphatic carboxylic acids is 1. The van der Waals surface area contributed by atoms with Crippen molar-refractivity contribution >= 4 is 11.9 Å². The molecule has 0 atom stereocenters. The fraction of sp³-hybridized carbons (Fsp3) is 0.389. The van der Waals surface area contributed by atoms with Crippen molar-refractivity contribution in [2.75, 3.05) is 13.6 Å². The van der Waals surface area contributed by atoms with Crippen molar-refractivity contribution in [3.8, 4) is 5.69 Å². The van der Waals surface area contributed by atoms with Crippen LogP contribution in [-0.4, -0.2) is 51.7 Å². The number of carboxylic acids is 1. The van der Waals surface area contributed by atoms with Crippen molar-refractivity contribution in [3.05, 3.63) is 46.8 Å². The Kier molecular flexibility index (Phi) is 6.07. The molecule has 0 aliphatic carbocycles. The summed E-state index contributed by atoms with van der Waals surface area (Å²) in [6.45, 7) is 3.05. The van der Waals surface area contributed by atoms with Crippen LogP contribution in [0, 0.1) is 13.8 Å². The SMILES string of the molecule is Cc1nn(-c2ccc(C(=O)N(C)CC(F)F)cc2)c(C)c1CCC(=O)O. The van der Waals surface area contributed by atoms with Gasteiger partial charge in [0.2, 0.25) is 0 Å². The zero-order chi connectivity index (χ0) is 19.4. The molecule has 2 aromatic rings. The van der Waals surface area contributed by atoms with E-state index in [0.717, 1.165) is 21.9 Å². The molecule has 1 aromatic heterocycles. The summed E-state index contributed by atoms with van der Waals surface area (Å²) in [5.41, 5.74) is 3.48. The lowest BCUT2D eigenvalue weighted by Crippen LogP contribution is -2.31. The standard InChI is InChI=1S/C18H21F2N3O3/c1-11-15(8-9-17(24)25)12(2)23(21-11)14-6-4-13(5-7-14)18(26)22(3)10-16(19)20/h4-7,16H,8-10H2,1-3H3,(H,24,25). The number of nitrogens with zero attached hydrogens (tertiary/aromatic N) is 3. The number of rotatable bonds is 7. The van der Waals surface area contributed by atoms with Crippen molar-refractivity contribution in [1.29, 1.82) is 0 Å². The second-order valence-corrected chi connectivity index (χ2v) is 6.08. The fourth-order valence-corrected chi connectivity index (χ4v) is 2.78. The van der Waals surface area contributed by atoms with Crippen molar-refractivity contribution in [2.24, 2.45) is 0 Å². The Morgan fingerprint density at radius 3 is 2.38 bits per heavy atom. The molecule has 0 fully saturated rings. The minimum absolute atomic E-state index is 0.0251. The van der Waals surface area contributed by atoms with Gasteiger partial charge in [-0.2, -0.15) is 5.10 Å². The van der Waals surface area contributed by atoms with E-state index in [1.54, 1.807) is 28.9 Å². The van der Waals surface area contributed by atoms with Crippen LogP contribution in [0.2, 0.25) is 0 Å². The zero-order valence-corrected chi connectivity index (χ0v) is 14.9. The predicted molar refractivity (Wildman–Crippen MR) is 92.0 cm³/mol. The van der Waals surface area contributed by atoms with E-state index in [9.17, 15) is 18.4 Å². The largest absolute Gasteiger partial charge is 0.481 e. The summed E-state index contributed by atoms with van der Waals surface area (Å²) in [6, 6.07) is 6.49. The van der Waals surface area contributed by atoms with Gasteiger partial charge in [-0.25, -0.2) is 13.5 Å². The van der Waals surface area contributed by atoms with Crippen LogP contribution in [0.5, 0.6) is 0 Å². The number of aryl methyl sites for hydroxylation is 1. The van der Waals surface area contributed by atoms with Gasteiger partial charge < -0.3 is 10.0 Å². The molecule has 0 spiro atoms. The third-order valence-corrected chi connectivity index (χ3v) is 4.15. The summed E-state index contributed by atoms with van der Waals surface area (Å²) in [4.78, 5) is 23.9. The van der Waals surface area contributed by atoms with Crippen LogP contribution in [0.1, 0.15) is 33.7 Å². The van der Waals surface area contributed by atoms with Gasteiger partial charge in [0.15, 0.2) is 0 Å². The minimum atomic E-state index is -2.58. The van der Waals surface area contributed by atoms with Crippen LogP contribution in [0.4, 0.5) is 8.78 Å². The molecule has 1 heterocycles. The number of carboxylic acid groups (broad SMARTS) is 1. The maximum atomic E-state index is 12.4. The molecule has 0 aliphatic heterocycles. The first-order valence-electron chi connectivity index (χ1n) is 8.11. The smallest absolute Gasteiger partial charge is 0.303 e. The van der Waals surface area contributed by atoms with Gasteiger partial charge in [-0.05, 0) is 50.1 Å².